The van der Waals surface area contributed by atoms with E-state index in [0.717, 1.165) is 6.07 Å². The lowest BCUT2D eigenvalue weighted by molar-refractivity contribution is -0.132. The second-order valence-corrected chi connectivity index (χ2v) is 8.39. The second kappa shape index (κ2) is 8.90. The van der Waals surface area contributed by atoms with Crippen molar-refractivity contribution in [3.8, 4) is 0 Å². The van der Waals surface area contributed by atoms with Gasteiger partial charge in [-0.15, -0.1) is 0 Å². The van der Waals surface area contributed by atoms with Gasteiger partial charge >= 0.3 is 0 Å². The highest BCUT2D eigenvalue weighted by Gasteiger charge is 2.44. The minimum atomic E-state index is -1.30. The van der Waals surface area contributed by atoms with Crippen molar-refractivity contribution in [3.63, 3.8) is 0 Å². The van der Waals surface area contributed by atoms with Gasteiger partial charge in [0.25, 0.3) is 5.91 Å². The molecular weight excluding hydrogens is 426 g/mol. The van der Waals surface area contributed by atoms with Gasteiger partial charge in [0.2, 0.25) is 5.91 Å². The monoisotopic (exact) mass is 448 g/mol. The van der Waals surface area contributed by atoms with Crippen LogP contribution in [0.15, 0.2) is 36.4 Å². The van der Waals surface area contributed by atoms with E-state index in [-0.39, 0.29) is 47.7 Å². The standard InChI is InChI=1S/C23H22F4N3O2/c24-16-3-1-2-13(6-16)23(32)29-11-14-4-5-30(21(14)12-29)22(31)9-17(28)7-15-8-19(26)20(27)10-18(15)25/h1-3,6,8,10,14,17,21,28H,4-5,7,9,11-12H2/t14-,17+,21+/m0/s1. The number of fused-ring (bicyclic) bond motifs is 1. The number of likely N-dealkylation sites (tertiary alicyclic amines) is 2. The third kappa shape index (κ3) is 4.48. The van der Waals surface area contributed by atoms with Crippen LogP contribution < -0.4 is 5.73 Å². The van der Waals surface area contributed by atoms with Gasteiger partial charge < -0.3 is 9.80 Å². The molecule has 1 radical (unpaired) electrons. The van der Waals surface area contributed by atoms with Gasteiger partial charge in [-0.1, -0.05) is 6.07 Å². The fourth-order valence-corrected chi connectivity index (χ4v) is 4.63. The predicted octanol–water partition coefficient (Wildman–Crippen LogP) is 3.20. The Balaban J connectivity index is 1.37. The van der Waals surface area contributed by atoms with E-state index in [1.807, 2.05) is 0 Å². The zero-order chi connectivity index (χ0) is 23.0. The van der Waals surface area contributed by atoms with Crippen molar-refractivity contribution < 1.29 is 27.2 Å². The zero-order valence-electron chi connectivity index (χ0n) is 17.2. The molecule has 0 spiro atoms. The van der Waals surface area contributed by atoms with Crippen molar-refractivity contribution >= 4 is 11.8 Å². The molecule has 2 amide bonds. The Morgan fingerprint density at radius 2 is 1.78 bits per heavy atom. The highest BCUT2D eigenvalue weighted by molar-refractivity contribution is 5.94. The Kier molecular flexibility index (Phi) is 6.19. The number of hydrogen-bond donors (Lipinski definition) is 0. The summed E-state index contributed by atoms with van der Waals surface area (Å²) < 4.78 is 53.8. The third-order valence-corrected chi connectivity index (χ3v) is 6.20. The predicted molar refractivity (Wildman–Crippen MR) is 107 cm³/mol. The van der Waals surface area contributed by atoms with Crippen molar-refractivity contribution in [2.24, 2.45) is 5.92 Å². The number of halogens is 4. The van der Waals surface area contributed by atoms with Crippen LogP contribution in [-0.2, 0) is 11.2 Å². The Labute approximate surface area is 182 Å². The topological polar surface area (TPSA) is 64.4 Å². The molecule has 0 unspecified atom stereocenters. The lowest BCUT2D eigenvalue weighted by Crippen LogP contribution is -2.42. The van der Waals surface area contributed by atoms with Crippen molar-refractivity contribution in [2.75, 3.05) is 19.6 Å². The van der Waals surface area contributed by atoms with Crippen LogP contribution in [0.2, 0.25) is 0 Å². The van der Waals surface area contributed by atoms with Crippen molar-refractivity contribution in [1.82, 2.24) is 15.5 Å². The number of amides is 2. The van der Waals surface area contributed by atoms with Crippen LogP contribution >= 0.6 is 0 Å². The molecule has 0 aliphatic carbocycles. The molecule has 5 nitrogen and oxygen atoms in total. The summed E-state index contributed by atoms with van der Waals surface area (Å²) in [5, 5.41) is 0. The number of hydrogen-bond acceptors (Lipinski definition) is 2. The Morgan fingerprint density at radius 3 is 2.53 bits per heavy atom. The molecule has 1 N–H and O–H groups in total. The van der Waals surface area contributed by atoms with Crippen LogP contribution in [0.5, 0.6) is 0 Å². The van der Waals surface area contributed by atoms with Crippen LogP contribution in [0.1, 0.15) is 28.8 Å². The number of carbonyl (C=O) groups is 2. The maximum atomic E-state index is 13.8. The van der Waals surface area contributed by atoms with Gasteiger partial charge in [0.15, 0.2) is 11.6 Å². The van der Waals surface area contributed by atoms with Crippen molar-refractivity contribution in [2.45, 2.75) is 31.3 Å². The fourth-order valence-electron chi connectivity index (χ4n) is 4.63. The van der Waals surface area contributed by atoms with E-state index in [2.05, 4.69) is 0 Å². The first-order valence-corrected chi connectivity index (χ1v) is 10.4. The summed E-state index contributed by atoms with van der Waals surface area (Å²) in [6.07, 6.45) is 0.296. The molecule has 4 rings (SSSR count). The van der Waals surface area contributed by atoms with E-state index >= 15 is 0 Å². The van der Waals surface area contributed by atoms with E-state index in [1.165, 1.54) is 18.2 Å². The van der Waals surface area contributed by atoms with Gasteiger partial charge in [0.1, 0.15) is 11.6 Å². The van der Waals surface area contributed by atoms with Crippen LogP contribution in [0.25, 0.3) is 0 Å². The molecule has 32 heavy (non-hydrogen) atoms. The molecule has 2 aromatic carbocycles. The first-order valence-electron chi connectivity index (χ1n) is 10.4. The number of nitrogens with one attached hydrogen (secondary N) is 1. The van der Waals surface area contributed by atoms with Gasteiger partial charge in [-0.25, -0.2) is 17.6 Å². The van der Waals surface area contributed by atoms with Crippen LogP contribution in [-0.4, -0.2) is 53.3 Å². The number of rotatable bonds is 5. The molecule has 9 heteroatoms. The average Bonchev–Trinajstić information content (AvgIpc) is 3.32. The zero-order valence-corrected chi connectivity index (χ0v) is 17.2. The molecule has 0 bridgehead atoms. The first kappa shape index (κ1) is 22.3. The maximum Gasteiger partial charge on any atom is 0.254 e. The summed E-state index contributed by atoms with van der Waals surface area (Å²) in [5.74, 6) is -4.42. The molecular formula is C23H22F4N3O2. The van der Waals surface area contributed by atoms with Crippen LogP contribution in [0.4, 0.5) is 17.6 Å². The third-order valence-electron chi connectivity index (χ3n) is 6.20. The minimum absolute atomic E-state index is 0.101. The number of nitrogens with zero attached hydrogens (tertiary/aromatic N) is 2. The van der Waals surface area contributed by atoms with Crippen LogP contribution in [0.3, 0.4) is 0 Å². The molecule has 2 saturated heterocycles. The lowest BCUT2D eigenvalue weighted by Gasteiger charge is -2.26. The molecule has 0 saturated carbocycles. The maximum absolute atomic E-state index is 13.8. The Morgan fingerprint density at radius 1 is 1.03 bits per heavy atom. The van der Waals surface area contributed by atoms with Gasteiger partial charge in [-0.3, -0.25) is 15.3 Å². The molecule has 2 aromatic rings. The molecule has 2 aliphatic rings. The summed E-state index contributed by atoms with van der Waals surface area (Å²) in [6, 6.07) is 5.41. The highest BCUT2D eigenvalue weighted by Crippen LogP contribution is 2.33. The van der Waals surface area contributed by atoms with E-state index in [1.54, 1.807) is 15.9 Å². The van der Waals surface area contributed by atoms with E-state index in [0.29, 0.717) is 32.1 Å². The summed E-state index contributed by atoms with van der Waals surface area (Å²) in [7, 11) is 0. The van der Waals surface area contributed by atoms with Crippen molar-refractivity contribution in [3.05, 3.63) is 70.8 Å². The SMILES string of the molecule is [NH][C@@H](CC(=O)N1CC[C@H]2CN(C(=O)c3cccc(F)c3)C[C@H]21)Cc1cc(F)c(F)cc1F. The Hall–Kier alpha value is -2.94. The summed E-state index contributed by atoms with van der Waals surface area (Å²) >= 11 is 0. The first-order chi connectivity index (χ1) is 15.2. The fraction of sp³-hybridized carbons (Fsp3) is 0.391. The normalized spacial score (nSPS) is 21.0. The molecule has 169 valence electrons. The lowest BCUT2D eigenvalue weighted by atomic mass is 10.0. The van der Waals surface area contributed by atoms with Gasteiger partial charge in [-0.05, 0) is 42.7 Å². The minimum Gasteiger partial charge on any atom is -0.338 e. The largest absolute Gasteiger partial charge is 0.338 e. The Bertz CT molecular complexity index is 1050. The molecule has 0 aromatic heterocycles. The quantitative estimate of drug-likeness (QED) is 0.521. The number of carbonyl (C=O) groups excluding carboxylic acids is 2. The van der Waals surface area contributed by atoms with Crippen molar-refractivity contribution in [1.29, 1.82) is 0 Å². The average molecular weight is 448 g/mol. The highest BCUT2D eigenvalue weighted by atomic mass is 19.2. The van der Waals surface area contributed by atoms with E-state index in [9.17, 15) is 27.2 Å². The second-order valence-electron chi connectivity index (χ2n) is 8.39. The van der Waals surface area contributed by atoms with Gasteiger partial charge in [0, 0.05) is 49.6 Å². The van der Waals surface area contributed by atoms with E-state index < -0.39 is 29.3 Å². The molecule has 3 atom stereocenters. The molecule has 2 heterocycles. The number of benzene rings is 2. The van der Waals surface area contributed by atoms with Gasteiger partial charge in [0.05, 0.1) is 6.04 Å². The summed E-state index contributed by atoms with van der Waals surface area (Å²) in [5.41, 5.74) is 8.23. The van der Waals surface area contributed by atoms with E-state index in [4.69, 9.17) is 5.73 Å². The molecule has 2 fully saturated rings. The summed E-state index contributed by atoms with van der Waals surface area (Å²) in [6.45, 7) is 1.29. The van der Waals surface area contributed by atoms with Gasteiger partial charge in [-0.2, -0.15) is 0 Å². The smallest absolute Gasteiger partial charge is 0.254 e. The summed E-state index contributed by atoms with van der Waals surface area (Å²) in [4.78, 5) is 28.8. The van der Waals surface area contributed by atoms with Crippen LogP contribution in [0, 0.1) is 29.2 Å². The molecule has 2 aliphatic heterocycles.